The van der Waals surface area contributed by atoms with Gasteiger partial charge in [0, 0.05) is 22.9 Å². The number of hydrogen-bond donors (Lipinski definition) is 2. The lowest BCUT2D eigenvalue weighted by Crippen LogP contribution is -3.11. The molecule has 1 aliphatic carbocycles. The third-order valence-corrected chi connectivity index (χ3v) is 5.09. The number of aromatic amines is 1. The Hall–Kier alpha value is -1.61. The number of aryl methyl sites for hydroxylation is 1. The molecule has 2 N–H and O–H groups in total. The van der Waals surface area contributed by atoms with Gasteiger partial charge < -0.3 is 9.88 Å². The van der Waals surface area contributed by atoms with Crippen molar-refractivity contribution < 1.29 is 9.69 Å². The summed E-state index contributed by atoms with van der Waals surface area (Å²) in [4.78, 5) is 17.1. The number of ketones is 1. The standard InChI is InChI=1S/C18H22N2O/c21-17-6-4-5-14-15-11-13(7-8-16(15)19-18(14)17)12-20-9-2-1-3-10-20/h7-8,11,19H,1-6,9-10,12H2/p+1. The summed E-state index contributed by atoms with van der Waals surface area (Å²) in [6, 6.07) is 6.72. The fourth-order valence-corrected chi connectivity index (χ4v) is 3.97. The smallest absolute Gasteiger partial charge is 0.179 e. The summed E-state index contributed by atoms with van der Waals surface area (Å²) in [6.07, 6.45) is 6.87. The number of quaternary nitrogens is 1. The van der Waals surface area contributed by atoms with Crippen molar-refractivity contribution in [3.8, 4) is 0 Å². The lowest BCUT2D eigenvalue weighted by atomic mass is 9.94. The van der Waals surface area contributed by atoms with Crippen molar-refractivity contribution in [2.24, 2.45) is 0 Å². The van der Waals surface area contributed by atoms with Crippen LogP contribution in [0.2, 0.25) is 0 Å². The molecule has 3 heteroatoms. The highest BCUT2D eigenvalue weighted by Gasteiger charge is 2.22. The highest BCUT2D eigenvalue weighted by Crippen LogP contribution is 2.29. The predicted molar refractivity (Wildman–Crippen MR) is 83.8 cm³/mol. The van der Waals surface area contributed by atoms with Crippen molar-refractivity contribution in [2.45, 2.75) is 45.1 Å². The van der Waals surface area contributed by atoms with Gasteiger partial charge in [-0.15, -0.1) is 0 Å². The van der Waals surface area contributed by atoms with Crippen LogP contribution in [-0.4, -0.2) is 23.9 Å². The number of rotatable bonds is 2. The van der Waals surface area contributed by atoms with Crippen LogP contribution < -0.4 is 4.90 Å². The van der Waals surface area contributed by atoms with Gasteiger partial charge in [-0.2, -0.15) is 0 Å². The maximum absolute atomic E-state index is 12.0. The number of aromatic nitrogens is 1. The zero-order valence-electron chi connectivity index (χ0n) is 12.5. The number of fused-ring (bicyclic) bond motifs is 3. The van der Waals surface area contributed by atoms with Gasteiger partial charge in [0.25, 0.3) is 0 Å². The Balaban J connectivity index is 1.67. The number of Topliss-reactive ketones (excluding diaryl/α,β-unsaturated/α-hetero) is 1. The first kappa shape index (κ1) is 13.1. The molecule has 2 aliphatic rings. The molecule has 110 valence electrons. The number of H-pyrrole nitrogens is 1. The third-order valence-electron chi connectivity index (χ3n) is 5.09. The molecule has 1 aromatic carbocycles. The number of nitrogens with one attached hydrogen (secondary N) is 2. The second-order valence-electron chi connectivity index (χ2n) is 6.62. The van der Waals surface area contributed by atoms with E-state index in [0.29, 0.717) is 6.42 Å². The number of hydrogen-bond acceptors (Lipinski definition) is 1. The van der Waals surface area contributed by atoms with E-state index < -0.39 is 0 Å². The number of benzene rings is 1. The molecule has 21 heavy (non-hydrogen) atoms. The van der Waals surface area contributed by atoms with Crippen molar-refractivity contribution >= 4 is 16.7 Å². The summed E-state index contributed by atoms with van der Waals surface area (Å²) >= 11 is 0. The molecular weight excluding hydrogens is 260 g/mol. The largest absolute Gasteiger partial charge is 0.352 e. The van der Waals surface area contributed by atoms with E-state index in [2.05, 4.69) is 23.2 Å². The molecule has 1 saturated heterocycles. The normalized spacial score (nSPS) is 19.9. The first-order chi connectivity index (χ1) is 10.3. The Bertz CT molecular complexity index is 680. The molecule has 0 spiro atoms. The molecule has 2 heterocycles. The van der Waals surface area contributed by atoms with E-state index >= 15 is 0 Å². The molecule has 4 rings (SSSR count). The first-order valence-corrected chi connectivity index (χ1v) is 8.31. The topological polar surface area (TPSA) is 37.3 Å². The number of carbonyl (C=O) groups excluding carboxylic acids is 1. The maximum Gasteiger partial charge on any atom is 0.179 e. The van der Waals surface area contributed by atoms with Crippen LogP contribution in [0.25, 0.3) is 10.9 Å². The summed E-state index contributed by atoms with van der Waals surface area (Å²) < 4.78 is 0. The SMILES string of the molecule is O=C1CCCc2c1[nH]c1ccc(C[NH+]3CCCCC3)cc21. The van der Waals surface area contributed by atoms with Gasteiger partial charge in [0.15, 0.2) is 5.78 Å². The van der Waals surface area contributed by atoms with Crippen LogP contribution in [0.1, 0.15) is 53.7 Å². The van der Waals surface area contributed by atoms with Crippen LogP contribution in [0, 0.1) is 0 Å². The minimum Gasteiger partial charge on any atom is -0.352 e. The molecule has 1 aromatic heterocycles. The summed E-state index contributed by atoms with van der Waals surface area (Å²) in [5, 5.41) is 1.28. The molecule has 0 atom stereocenters. The van der Waals surface area contributed by atoms with Crippen LogP contribution in [-0.2, 0) is 13.0 Å². The van der Waals surface area contributed by atoms with Crippen molar-refractivity contribution in [3.05, 3.63) is 35.0 Å². The predicted octanol–water partition coefficient (Wildman–Crippen LogP) is 2.26. The van der Waals surface area contributed by atoms with Crippen LogP contribution >= 0.6 is 0 Å². The minimum atomic E-state index is 0.288. The molecule has 0 saturated carbocycles. The highest BCUT2D eigenvalue weighted by molar-refractivity contribution is 6.03. The van der Waals surface area contributed by atoms with Gasteiger partial charge in [-0.3, -0.25) is 4.79 Å². The Morgan fingerprint density at radius 2 is 1.90 bits per heavy atom. The first-order valence-electron chi connectivity index (χ1n) is 8.31. The van der Waals surface area contributed by atoms with E-state index in [-0.39, 0.29) is 5.78 Å². The van der Waals surface area contributed by atoms with Crippen molar-refractivity contribution in [1.29, 1.82) is 0 Å². The summed E-state index contributed by atoms with van der Waals surface area (Å²) in [6.45, 7) is 3.74. The van der Waals surface area contributed by atoms with Crippen LogP contribution in [0.15, 0.2) is 18.2 Å². The Labute approximate surface area is 125 Å². The molecule has 0 radical (unpaired) electrons. The zero-order valence-corrected chi connectivity index (χ0v) is 12.5. The second kappa shape index (κ2) is 5.30. The summed E-state index contributed by atoms with van der Waals surface area (Å²) in [7, 11) is 0. The number of likely N-dealkylation sites (tertiary alicyclic amines) is 1. The van der Waals surface area contributed by atoms with E-state index in [1.807, 2.05) is 0 Å². The van der Waals surface area contributed by atoms with Crippen LogP contribution in [0.4, 0.5) is 0 Å². The second-order valence-corrected chi connectivity index (χ2v) is 6.62. The van der Waals surface area contributed by atoms with Gasteiger partial charge in [0.05, 0.1) is 18.8 Å². The molecule has 0 unspecified atom stereocenters. The van der Waals surface area contributed by atoms with Gasteiger partial charge in [0.2, 0.25) is 0 Å². The molecule has 3 nitrogen and oxygen atoms in total. The Morgan fingerprint density at radius 1 is 1.05 bits per heavy atom. The van der Waals surface area contributed by atoms with E-state index in [1.54, 1.807) is 4.90 Å². The molecule has 0 bridgehead atoms. The highest BCUT2D eigenvalue weighted by atomic mass is 16.1. The maximum atomic E-state index is 12.0. The monoisotopic (exact) mass is 283 g/mol. The fraction of sp³-hybridized carbons (Fsp3) is 0.500. The van der Waals surface area contributed by atoms with E-state index in [9.17, 15) is 4.79 Å². The van der Waals surface area contributed by atoms with Crippen LogP contribution in [0.5, 0.6) is 0 Å². The molecular formula is C18H23N2O+. The van der Waals surface area contributed by atoms with Gasteiger partial charge >= 0.3 is 0 Å². The van der Waals surface area contributed by atoms with Gasteiger partial charge in [0.1, 0.15) is 6.54 Å². The average molecular weight is 283 g/mol. The van der Waals surface area contributed by atoms with E-state index in [1.165, 1.54) is 48.9 Å². The minimum absolute atomic E-state index is 0.288. The van der Waals surface area contributed by atoms with Crippen molar-refractivity contribution in [3.63, 3.8) is 0 Å². The van der Waals surface area contributed by atoms with E-state index in [4.69, 9.17) is 0 Å². The average Bonchev–Trinajstić information content (AvgIpc) is 2.88. The Morgan fingerprint density at radius 3 is 2.76 bits per heavy atom. The molecule has 1 aliphatic heterocycles. The quantitative estimate of drug-likeness (QED) is 0.871. The van der Waals surface area contributed by atoms with Crippen molar-refractivity contribution in [2.75, 3.05) is 13.1 Å². The fourth-order valence-electron chi connectivity index (χ4n) is 3.97. The van der Waals surface area contributed by atoms with Gasteiger partial charge in [-0.05, 0) is 49.8 Å². The van der Waals surface area contributed by atoms with Gasteiger partial charge in [-0.1, -0.05) is 6.07 Å². The zero-order chi connectivity index (χ0) is 14.2. The van der Waals surface area contributed by atoms with Crippen LogP contribution in [0.3, 0.4) is 0 Å². The molecule has 1 fully saturated rings. The van der Waals surface area contributed by atoms with E-state index in [0.717, 1.165) is 30.6 Å². The molecule has 0 amide bonds. The third kappa shape index (κ3) is 2.40. The lowest BCUT2D eigenvalue weighted by Gasteiger charge is -2.23. The Kier molecular flexibility index (Phi) is 3.30. The lowest BCUT2D eigenvalue weighted by molar-refractivity contribution is -0.918. The number of piperidine rings is 1. The number of carbonyl (C=O) groups is 1. The van der Waals surface area contributed by atoms with Crippen molar-refractivity contribution in [1.82, 2.24) is 4.98 Å². The summed E-state index contributed by atoms with van der Waals surface area (Å²) in [5.74, 6) is 0.288. The molecule has 2 aromatic rings. The van der Waals surface area contributed by atoms with Gasteiger partial charge in [-0.25, -0.2) is 0 Å². The summed E-state index contributed by atoms with van der Waals surface area (Å²) in [5.41, 5.74) is 4.68.